The van der Waals surface area contributed by atoms with Crippen molar-refractivity contribution < 1.29 is 9.72 Å². The van der Waals surface area contributed by atoms with Crippen LogP contribution in [0.4, 0.5) is 0 Å². The maximum atomic E-state index is 10.8. The molecule has 0 N–H and O–H groups in total. The number of rotatable bonds is 1. The van der Waals surface area contributed by atoms with Crippen LogP contribution in [0.15, 0.2) is 23.3 Å². The second-order valence-corrected chi connectivity index (χ2v) is 3.08. The van der Waals surface area contributed by atoms with Crippen molar-refractivity contribution in [1.29, 1.82) is 0 Å². The zero-order chi connectivity index (χ0) is 9.35. The quantitative estimate of drug-likeness (QED) is 0.459. The standard InChI is InChI=1S/C7H6ClNO3/c1-7(9(11)12)3-2-6(10)5(8)4-7/h2-4H,1H3. The maximum absolute atomic E-state index is 10.8. The molecule has 4 nitrogen and oxygen atoms in total. The van der Waals surface area contributed by atoms with Gasteiger partial charge in [0.1, 0.15) is 0 Å². The molecule has 5 heteroatoms. The molecule has 1 unspecified atom stereocenters. The van der Waals surface area contributed by atoms with E-state index in [9.17, 15) is 14.9 Å². The summed E-state index contributed by atoms with van der Waals surface area (Å²) in [6.07, 6.45) is 3.48. The molecule has 0 saturated heterocycles. The molecule has 64 valence electrons. The molecule has 0 heterocycles. The van der Waals surface area contributed by atoms with Crippen molar-refractivity contribution in [3.8, 4) is 0 Å². The molecule has 0 fully saturated rings. The zero-order valence-electron chi connectivity index (χ0n) is 6.28. The van der Waals surface area contributed by atoms with Crippen molar-refractivity contribution >= 4 is 17.4 Å². The molecule has 0 aromatic carbocycles. The Morgan fingerprint density at radius 2 is 2.25 bits per heavy atom. The highest BCUT2D eigenvalue weighted by atomic mass is 35.5. The van der Waals surface area contributed by atoms with Crippen LogP contribution < -0.4 is 0 Å². The Morgan fingerprint density at radius 1 is 1.67 bits per heavy atom. The first kappa shape index (κ1) is 8.93. The third kappa shape index (κ3) is 1.38. The van der Waals surface area contributed by atoms with Crippen molar-refractivity contribution in [2.24, 2.45) is 0 Å². The molecule has 0 radical (unpaired) electrons. The molecule has 0 spiro atoms. The summed E-state index contributed by atoms with van der Waals surface area (Å²) in [6.45, 7) is 1.37. The third-order valence-electron chi connectivity index (χ3n) is 1.62. The number of carbonyl (C=O) groups is 1. The normalized spacial score (nSPS) is 28.5. The lowest BCUT2D eigenvalue weighted by molar-refractivity contribution is -0.535. The maximum Gasteiger partial charge on any atom is 0.258 e. The highest BCUT2D eigenvalue weighted by molar-refractivity contribution is 6.44. The second-order valence-electron chi connectivity index (χ2n) is 2.67. The van der Waals surface area contributed by atoms with Crippen molar-refractivity contribution in [3.05, 3.63) is 33.4 Å². The Hall–Kier alpha value is -1.16. The molecule has 1 aliphatic carbocycles. The average Bonchev–Trinajstić information content (AvgIpc) is 1.97. The van der Waals surface area contributed by atoms with Gasteiger partial charge in [0, 0.05) is 17.9 Å². The van der Waals surface area contributed by atoms with Gasteiger partial charge in [-0.3, -0.25) is 14.9 Å². The Morgan fingerprint density at radius 3 is 2.67 bits per heavy atom. The van der Waals surface area contributed by atoms with E-state index in [4.69, 9.17) is 11.6 Å². The smallest absolute Gasteiger partial charge is 0.258 e. The van der Waals surface area contributed by atoms with E-state index < -0.39 is 16.2 Å². The lowest BCUT2D eigenvalue weighted by Crippen LogP contribution is -2.32. The number of allylic oxidation sites excluding steroid dienone is 2. The van der Waals surface area contributed by atoms with E-state index in [2.05, 4.69) is 0 Å². The molecular weight excluding hydrogens is 182 g/mol. The van der Waals surface area contributed by atoms with Gasteiger partial charge >= 0.3 is 0 Å². The molecule has 12 heavy (non-hydrogen) atoms. The fourth-order valence-electron chi connectivity index (χ4n) is 0.813. The Kier molecular flexibility index (Phi) is 2.02. The summed E-state index contributed by atoms with van der Waals surface area (Å²) in [5.74, 6) is -0.393. The van der Waals surface area contributed by atoms with Crippen LogP contribution in [0.5, 0.6) is 0 Å². The summed E-state index contributed by atoms with van der Waals surface area (Å²) in [5.41, 5.74) is -1.34. The van der Waals surface area contributed by atoms with Gasteiger partial charge in [0.2, 0.25) is 0 Å². The first-order valence-corrected chi connectivity index (χ1v) is 3.60. The molecule has 0 aliphatic heterocycles. The molecule has 1 atom stereocenters. The number of ketones is 1. The van der Waals surface area contributed by atoms with E-state index in [1.807, 2.05) is 0 Å². The van der Waals surface area contributed by atoms with Crippen LogP contribution in [-0.4, -0.2) is 16.2 Å². The van der Waals surface area contributed by atoms with E-state index >= 15 is 0 Å². The molecule has 0 amide bonds. The van der Waals surface area contributed by atoms with Crippen molar-refractivity contribution in [2.75, 3.05) is 0 Å². The summed E-state index contributed by atoms with van der Waals surface area (Å²) in [6, 6.07) is 0. The van der Waals surface area contributed by atoms with E-state index in [0.717, 1.165) is 12.2 Å². The molecule has 0 bridgehead atoms. The van der Waals surface area contributed by atoms with Crippen molar-refractivity contribution in [3.63, 3.8) is 0 Å². The molecule has 1 rings (SSSR count). The minimum Gasteiger partial charge on any atom is -0.288 e. The lowest BCUT2D eigenvalue weighted by Gasteiger charge is -2.15. The first-order chi connectivity index (χ1) is 5.46. The minimum atomic E-state index is -1.34. The molecule has 0 aromatic rings. The zero-order valence-corrected chi connectivity index (χ0v) is 7.04. The predicted octanol–water partition coefficient (Wildman–Crippen LogP) is 1.28. The Bertz CT molecular complexity index is 308. The van der Waals surface area contributed by atoms with Crippen LogP contribution in [0.2, 0.25) is 0 Å². The predicted molar refractivity (Wildman–Crippen MR) is 43.5 cm³/mol. The summed E-state index contributed by atoms with van der Waals surface area (Å²) in [5, 5.41) is 10.4. The van der Waals surface area contributed by atoms with Crippen LogP contribution >= 0.6 is 11.6 Å². The summed E-state index contributed by atoms with van der Waals surface area (Å²) >= 11 is 5.45. The van der Waals surface area contributed by atoms with Gasteiger partial charge in [0.25, 0.3) is 5.54 Å². The topological polar surface area (TPSA) is 60.2 Å². The summed E-state index contributed by atoms with van der Waals surface area (Å²) in [7, 11) is 0. The van der Waals surface area contributed by atoms with Crippen LogP contribution in [0.3, 0.4) is 0 Å². The highest BCUT2D eigenvalue weighted by Gasteiger charge is 2.35. The van der Waals surface area contributed by atoms with Crippen LogP contribution in [0.25, 0.3) is 0 Å². The Labute approximate surface area is 73.7 Å². The van der Waals surface area contributed by atoms with E-state index in [0.29, 0.717) is 0 Å². The summed E-state index contributed by atoms with van der Waals surface area (Å²) in [4.78, 5) is 20.8. The third-order valence-corrected chi connectivity index (χ3v) is 1.92. The summed E-state index contributed by atoms with van der Waals surface area (Å²) < 4.78 is 0. The van der Waals surface area contributed by atoms with Gasteiger partial charge in [-0.15, -0.1) is 0 Å². The largest absolute Gasteiger partial charge is 0.288 e. The van der Waals surface area contributed by atoms with Crippen LogP contribution in [0, 0.1) is 10.1 Å². The van der Waals surface area contributed by atoms with Crippen molar-refractivity contribution in [2.45, 2.75) is 12.5 Å². The number of hydrogen-bond acceptors (Lipinski definition) is 3. The van der Waals surface area contributed by atoms with E-state index in [-0.39, 0.29) is 5.03 Å². The van der Waals surface area contributed by atoms with Crippen LogP contribution in [0.1, 0.15) is 6.92 Å². The van der Waals surface area contributed by atoms with E-state index in [1.165, 1.54) is 13.0 Å². The molecular formula is C7H6ClNO3. The number of hydrogen-bond donors (Lipinski definition) is 0. The number of nitro groups is 1. The van der Waals surface area contributed by atoms with Gasteiger partial charge in [-0.2, -0.15) is 0 Å². The SMILES string of the molecule is CC1([N+](=O)[O-])C=CC(=O)C(Cl)=C1. The van der Waals surface area contributed by atoms with Gasteiger partial charge in [-0.25, -0.2) is 0 Å². The lowest BCUT2D eigenvalue weighted by atomic mass is 9.97. The van der Waals surface area contributed by atoms with Gasteiger partial charge in [-0.05, 0) is 12.2 Å². The minimum absolute atomic E-state index is 0.100. The average molecular weight is 188 g/mol. The number of halogens is 1. The molecule has 0 aromatic heterocycles. The number of nitrogens with zero attached hydrogens (tertiary/aromatic N) is 1. The number of carbonyl (C=O) groups excluding carboxylic acids is 1. The van der Waals surface area contributed by atoms with Crippen LogP contribution in [-0.2, 0) is 4.79 Å². The molecule has 1 aliphatic rings. The molecule has 0 saturated carbocycles. The fourth-order valence-corrected chi connectivity index (χ4v) is 1.10. The van der Waals surface area contributed by atoms with Gasteiger partial charge in [0.05, 0.1) is 5.03 Å². The van der Waals surface area contributed by atoms with Gasteiger partial charge in [-0.1, -0.05) is 11.6 Å². The highest BCUT2D eigenvalue weighted by Crippen LogP contribution is 2.22. The van der Waals surface area contributed by atoms with E-state index in [1.54, 1.807) is 0 Å². The first-order valence-electron chi connectivity index (χ1n) is 3.22. The second kappa shape index (κ2) is 2.71. The fraction of sp³-hybridized carbons (Fsp3) is 0.286. The van der Waals surface area contributed by atoms with Gasteiger partial charge in [0.15, 0.2) is 5.78 Å². The van der Waals surface area contributed by atoms with Crippen molar-refractivity contribution in [1.82, 2.24) is 0 Å². The van der Waals surface area contributed by atoms with Gasteiger partial charge < -0.3 is 0 Å². The monoisotopic (exact) mass is 187 g/mol. The Balaban J connectivity index is 3.07.